The molecule has 16 heavy (non-hydrogen) atoms. The van der Waals surface area contributed by atoms with E-state index in [9.17, 15) is 18.4 Å². The third-order valence-electron chi connectivity index (χ3n) is 2.37. The Morgan fingerprint density at radius 3 is 1.88 bits per heavy atom. The maximum atomic E-state index is 13.1. The number of carboxylic acid groups (broad SMARTS) is 2. The van der Waals surface area contributed by atoms with E-state index in [0.29, 0.717) is 12.8 Å². The Morgan fingerprint density at radius 2 is 1.62 bits per heavy atom. The highest BCUT2D eigenvalue weighted by molar-refractivity contribution is 9.10. The Bertz CT molecular complexity index is 261. The van der Waals surface area contributed by atoms with Crippen molar-refractivity contribution in [1.82, 2.24) is 0 Å². The molecule has 0 heterocycles. The number of hydrogen-bond donors (Lipinski definition) is 2. The fourth-order valence-electron chi connectivity index (χ4n) is 1.33. The van der Waals surface area contributed by atoms with Gasteiger partial charge >= 0.3 is 16.8 Å². The van der Waals surface area contributed by atoms with Gasteiger partial charge in [-0.1, -0.05) is 26.2 Å². The molecule has 0 unspecified atom stereocenters. The van der Waals surface area contributed by atoms with Gasteiger partial charge in [0.05, 0.1) is 0 Å². The number of hydrogen-bond acceptors (Lipinski definition) is 2. The molecule has 0 aliphatic heterocycles. The van der Waals surface area contributed by atoms with Crippen LogP contribution in [0.25, 0.3) is 0 Å². The van der Waals surface area contributed by atoms with E-state index in [4.69, 9.17) is 10.2 Å². The smallest absolute Gasteiger partial charge is 0.328 e. The molecule has 0 aromatic heterocycles. The monoisotopic (exact) mass is 302 g/mol. The van der Waals surface area contributed by atoms with Gasteiger partial charge in [-0.25, -0.2) is 0 Å². The zero-order chi connectivity index (χ0) is 13.0. The second-order valence-electron chi connectivity index (χ2n) is 3.47. The van der Waals surface area contributed by atoms with Crippen LogP contribution in [0.15, 0.2) is 0 Å². The fourth-order valence-corrected chi connectivity index (χ4v) is 1.87. The van der Waals surface area contributed by atoms with Crippen molar-refractivity contribution in [2.75, 3.05) is 0 Å². The van der Waals surface area contributed by atoms with E-state index in [-0.39, 0.29) is 6.42 Å². The van der Waals surface area contributed by atoms with Gasteiger partial charge in [-0.3, -0.25) is 9.59 Å². The fraction of sp³-hybridized carbons (Fsp3) is 0.778. The van der Waals surface area contributed by atoms with Gasteiger partial charge in [-0.15, -0.1) is 0 Å². The van der Waals surface area contributed by atoms with Crippen LogP contribution in [0.1, 0.15) is 32.6 Å². The van der Waals surface area contributed by atoms with Gasteiger partial charge in [-0.2, -0.15) is 8.78 Å². The summed E-state index contributed by atoms with van der Waals surface area (Å²) < 4.78 is 26.3. The van der Waals surface area contributed by atoms with Crippen molar-refractivity contribution in [3.05, 3.63) is 0 Å². The van der Waals surface area contributed by atoms with Gasteiger partial charge in [0.15, 0.2) is 0 Å². The van der Waals surface area contributed by atoms with Gasteiger partial charge in [0.2, 0.25) is 5.41 Å². The van der Waals surface area contributed by atoms with Crippen LogP contribution in [0.2, 0.25) is 0 Å². The molecule has 0 spiro atoms. The molecule has 0 atom stereocenters. The average Bonchev–Trinajstić information content (AvgIpc) is 2.08. The lowest BCUT2D eigenvalue weighted by molar-refractivity contribution is -0.180. The summed E-state index contributed by atoms with van der Waals surface area (Å²) in [5.74, 6) is -4.06. The first-order valence-electron chi connectivity index (χ1n) is 4.73. The lowest BCUT2D eigenvalue weighted by Gasteiger charge is -2.29. The zero-order valence-corrected chi connectivity index (χ0v) is 10.3. The van der Waals surface area contributed by atoms with Gasteiger partial charge < -0.3 is 10.2 Å². The Morgan fingerprint density at radius 1 is 1.19 bits per heavy atom. The van der Waals surface area contributed by atoms with Crippen molar-refractivity contribution in [2.24, 2.45) is 5.41 Å². The Balaban J connectivity index is 5.13. The first kappa shape index (κ1) is 15.3. The lowest BCUT2D eigenvalue weighted by atomic mass is 9.83. The summed E-state index contributed by atoms with van der Waals surface area (Å²) in [6.45, 7) is 1.80. The van der Waals surface area contributed by atoms with Crippen LogP contribution in [0.5, 0.6) is 0 Å². The summed E-state index contributed by atoms with van der Waals surface area (Å²) in [6, 6.07) is 0. The van der Waals surface area contributed by atoms with Crippen molar-refractivity contribution in [3.8, 4) is 0 Å². The van der Waals surface area contributed by atoms with Crippen LogP contribution in [-0.2, 0) is 9.59 Å². The number of aliphatic carboxylic acids is 2. The maximum absolute atomic E-state index is 13.1. The van der Waals surface area contributed by atoms with E-state index in [1.807, 2.05) is 15.9 Å². The molecule has 0 rings (SSSR count). The second-order valence-corrected chi connectivity index (χ2v) is 4.47. The first-order chi connectivity index (χ1) is 7.20. The molecule has 4 nitrogen and oxygen atoms in total. The minimum atomic E-state index is -3.98. The van der Waals surface area contributed by atoms with Crippen LogP contribution in [-0.4, -0.2) is 27.0 Å². The molecule has 0 saturated carbocycles. The highest BCUT2D eigenvalue weighted by atomic mass is 79.9. The highest BCUT2D eigenvalue weighted by Gasteiger charge is 2.63. The highest BCUT2D eigenvalue weighted by Crippen LogP contribution is 2.46. The molecule has 0 aliphatic rings. The molecule has 0 bridgehead atoms. The minimum Gasteiger partial charge on any atom is -0.480 e. The van der Waals surface area contributed by atoms with Crippen LogP contribution in [0.3, 0.4) is 0 Å². The molecule has 0 aromatic carbocycles. The molecule has 7 heteroatoms. The number of alkyl halides is 3. The van der Waals surface area contributed by atoms with Crippen molar-refractivity contribution in [3.63, 3.8) is 0 Å². The zero-order valence-electron chi connectivity index (χ0n) is 8.67. The van der Waals surface area contributed by atoms with Crippen molar-refractivity contribution in [1.29, 1.82) is 0 Å². The average molecular weight is 303 g/mol. The van der Waals surface area contributed by atoms with Gasteiger partial charge in [0.1, 0.15) is 0 Å². The van der Waals surface area contributed by atoms with Crippen molar-refractivity contribution >= 4 is 27.9 Å². The summed E-state index contributed by atoms with van der Waals surface area (Å²) in [7, 11) is 0. The van der Waals surface area contributed by atoms with Gasteiger partial charge in [0.25, 0.3) is 0 Å². The number of unbranched alkanes of at least 4 members (excludes halogenated alkanes) is 2. The largest absolute Gasteiger partial charge is 0.480 e. The third kappa shape index (κ3) is 2.90. The Hall–Kier alpha value is -0.720. The number of carbonyl (C=O) groups is 2. The standard InChI is InChI=1S/C9H13BrF2O4/c1-2-3-4-5-8(6(13)14,7(15)16)9(10,11)12/h2-5H2,1H3,(H,13,14)(H,15,16). The van der Waals surface area contributed by atoms with Crippen LogP contribution < -0.4 is 0 Å². The first-order valence-corrected chi connectivity index (χ1v) is 5.53. The van der Waals surface area contributed by atoms with E-state index < -0.39 is 28.6 Å². The molecule has 0 fully saturated rings. The molecule has 0 amide bonds. The van der Waals surface area contributed by atoms with Crippen molar-refractivity contribution in [2.45, 2.75) is 37.4 Å². The molecule has 94 valence electrons. The van der Waals surface area contributed by atoms with E-state index in [0.717, 1.165) is 0 Å². The quantitative estimate of drug-likeness (QED) is 0.431. The Labute approximate surface area is 99.8 Å². The molecule has 0 aliphatic carbocycles. The molecule has 0 saturated heterocycles. The molecule has 2 N–H and O–H groups in total. The van der Waals surface area contributed by atoms with Gasteiger partial charge in [0, 0.05) is 0 Å². The summed E-state index contributed by atoms with van der Waals surface area (Å²) in [4.78, 5) is 17.6. The lowest BCUT2D eigenvalue weighted by Crippen LogP contribution is -2.50. The maximum Gasteiger partial charge on any atom is 0.328 e. The number of halogens is 3. The summed E-state index contributed by atoms with van der Waals surface area (Å²) >= 11 is 1.86. The molecular weight excluding hydrogens is 290 g/mol. The molecule has 0 aromatic rings. The van der Waals surface area contributed by atoms with E-state index in [1.54, 1.807) is 6.92 Å². The third-order valence-corrected chi connectivity index (χ3v) is 3.05. The minimum absolute atomic E-state index is 0.121. The SMILES string of the molecule is CCCCCC(C(=O)O)(C(=O)O)C(F)(F)Br. The number of rotatable bonds is 7. The summed E-state index contributed by atoms with van der Waals surface area (Å²) in [5.41, 5.74) is -3.10. The van der Waals surface area contributed by atoms with E-state index in [1.165, 1.54) is 0 Å². The van der Waals surface area contributed by atoms with Crippen LogP contribution in [0, 0.1) is 5.41 Å². The topological polar surface area (TPSA) is 74.6 Å². The summed E-state index contributed by atoms with van der Waals surface area (Å²) in [5, 5.41) is 17.5. The second kappa shape index (κ2) is 5.56. The predicted octanol–water partition coefficient (Wildman–Crippen LogP) is 2.71. The Kier molecular flexibility index (Phi) is 5.31. The van der Waals surface area contributed by atoms with E-state index >= 15 is 0 Å². The summed E-state index contributed by atoms with van der Waals surface area (Å²) in [6.07, 6.45) is 0.703. The van der Waals surface area contributed by atoms with Crippen molar-refractivity contribution < 1.29 is 28.6 Å². The normalized spacial score (nSPS) is 12.5. The molecular formula is C9H13BrF2O4. The van der Waals surface area contributed by atoms with Crippen LogP contribution >= 0.6 is 15.9 Å². The predicted molar refractivity (Wildman–Crippen MR) is 55.7 cm³/mol. The van der Waals surface area contributed by atoms with Crippen LogP contribution in [0.4, 0.5) is 8.78 Å². The molecule has 0 radical (unpaired) electrons. The van der Waals surface area contributed by atoms with E-state index in [2.05, 4.69) is 0 Å². The number of carboxylic acids is 2. The van der Waals surface area contributed by atoms with Gasteiger partial charge in [-0.05, 0) is 22.4 Å².